The van der Waals surface area contributed by atoms with Crippen molar-refractivity contribution in [2.24, 2.45) is 0 Å². The number of hydrogen-bond donors (Lipinski definition) is 1. The van der Waals surface area contributed by atoms with Crippen molar-refractivity contribution in [3.63, 3.8) is 0 Å². The zero-order valence-corrected chi connectivity index (χ0v) is 17.6. The van der Waals surface area contributed by atoms with Crippen molar-refractivity contribution < 1.29 is 13.2 Å². The molecule has 1 N–H and O–H groups in total. The third kappa shape index (κ3) is 4.91. The Hall–Kier alpha value is -1.93. The summed E-state index contributed by atoms with van der Waals surface area (Å²) < 4.78 is 28.5. The van der Waals surface area contributed by atoms with E-state index >= 15 is 0 Å². The molecule has 2 aromatic carbocycles. The zero-order chi connectivity index (χ0) is 20.3. The van der Waals surface area contributed by atoms with E-state index in [1.54, 1.807) is 12.1 Å². The molecule has 28 heavy (non-hydrogen) atoms. The van der Waals surface area contributed by atoms with Gasteiger partial charge in [-0.25, -0.2) is 0 Å². The van der Waals surface area contributed by atoms with Crippen molar-refractivity contribution in [1.82, 2.24) is 8.61 Å². The maximum absolute atomic E-state index is 12.9. The lowest BCUT2D eigenvalue weighted by Gasteiger charge is -2.34. The Kier molecular flexibility index (Phi) is 6.40. The second-order valence-electron chi connectivity index (χ2n) is 7.00. The van der Waals surface area contributed by atoms with Gasteiger partial charge in [0.1, 0.15) is 0 Å². The summed E-state index contributed by atoms with van der Waals surface area (Å²) >= 11 is 5.89. The average Bonchev–Trinajstić information content (AvgIpc) is 2.63. The van der Waals surface area contributed by atoms with Gasteiger partial charge in [0.2, 0.25) is 5.91 Å². The van der Waals surface area contributed by atoms with Crippen molar-refractivity contribution >= 4 is 33.4 Å². The fourth-order valence-electron chi connectivity index (χ4n) is 3.11. The Morgan fingerprint density at radius 2 is 1.71 bits per heavy atom. The number of amides is 1. The zero-order valence-electron chi connectivity index (χ0n) is 16.0. The molecule has 150 valence electrons. The van der Waals surface area contributed by atoms with Crippen LogP contribution in [0, 0.1) is 13.8 Å². The van der Waals surface area contributed by atoms with Crippen LogP contribution in [0.2, 0.25) is 5.02 Å². The fraction of sp³-hybridized carbons (Fsp3) is 0.350. The van der Waals surface area contributed by atoms with E-state index < -0.39 is 10.2 Å². The summed E-state index contributed by atoms with van der Waals surface area (Å²) in [6.07, 6.45) is 0.670. The molecule has 0 atom stereocenters. The van der Waals surface area contributed by atoms with Crippen LogP contribution in [0.25, 0.3) is 0 Å². The number of anilines is 1. The highest BCUT2D eigenvalue weighted by atomic mass is 35.5. The van der Waals surface area contributed by atoms with Crippen molar-refractivity contribution in [3.05, 3.63) is 64.2 Å². The lowest BCUT2D eigenvalue weighted by atomic mass is 10.1. The summed E-state index contributed by atoms with van der Waals surface area (Å²) in [5.41, 5.74) is 3.72. The molecule has 8 heteroatoms. The molecule has 1 saturated heterocycles. The Morgan fingerprint density at radius 3 is 2.39 bits per heavy atom. The smallest absolute Gasteiger partial charge is 0.282 e. The molecule has 0 radical (unpaired) electrons. The molecule has 0 bridgehead atoms. The minimum Gasteiger partial charge on any atom is -0.325 e. The molecule has 0 unspecified atom stereocenters. The van der Waals surface area contributed by atoms with Gasteiger partial charge in [-0.15, -0.1) is 0 Å². The van der Waals surface area contributed by atoms with Crippen molar-refractivity contribution in [2.45, 2.75) is 26.8 Å². The molecule has 6 nitrogen and oxygen atoms in total. The third-order valence-corrected chi connectivity index (χ3v) is 7.03. The van der Waals surface area contributed by atoms with Crippen LogP contribution in [-0.4, -0.2) is 42.6 Å². The molecule has 0 aliphatic carbocycles. The lowest BCUT2D eigenvalue weighted by molar-refractivity contribution is -0.116. The summed E-state index contributed by atoms with van der Waals surface area (Å²) in [5, 5.41) is 3.39. The Labute approximate surface area is 171 Å². The Morgan fingerprint density at radius 1 is 1.04 bits per heavy atom. The van der Waals surface area contributed by atoms with E-state index in [-0.39, 0.29) is 19.0 Å². The highest BCUT2D eigenvalue weighted by molar-refractivity contribution is 7.86. The SMILES string of the molecule is Cc1ccc(NC(=O)CN2CCCN(Cc3ccc(Cl)cc3)S2(=O)=O)cc1C. The molecule has 0 aromatic heterocycles. The molecule has 2 aromatic rings. The van der Waals surface area contributed by atoms with Crippen LogP contribution in [0.4, 0.5) is 5.69 Å². The highest BCUT2D eigenvalue weighted by Gasteiger charge is 2.34. The van der Waals surface area contributed by atoms with Gasteiger partial charge < -0.3 is 5.32 Å². The minimum absolute atomic E-state index is 0.202. The highest BCUT2D eigenvalue weighted by Crippen LogP contribution is 2.21. The standard InChI is InChI=1S/C20H24ClN3O3S/c1-15-4-9-19(12-16(15)2)22-20(25)14-24-11-3-10-23(28(24,26)27)13-17-5-7-18(21)8-6-17/h4-9,12H,3,10-11,13-14H2,1-2H3,(H,22,25). The van der Waals surface area contributed by atoms with Crippen LogP contribution in [0.1, 0.15) is 23.1 Å². The fourth-order valence-corrected chi connectivity index (χ4v) is 4.88. The van der Waals surface area contributed by atoms with E-state index in [1.165, 1.54) is 8.61 Å². The maximum atomic E-state index is 12.9. The van der Waals surface area contributed by atoms with Gasteiger partial charge in [0, 0.05) is 30.3 Å². The van der Waals surface area contributed by atoms with Crippen LogP contribution in [0.3, 0.4) is 0 Å². The molecule has 1 aliphatic heterocycles. The summed E-state index contributed by atoms with van der Waals surface area (Å²) in [4.78, 5) is 12.4. The number of nitrogens with one attached hydrogen (secondary N) is 1. The Bertz CT molecular complexity index is 961. The van der Waals surface area contributed by atoms with Gasteiger partial charge >= 0.3 is 0 Å². The predicted molar refractivity (Wildman–Crippen MR) is 112 cm³/mol. The van der Waals surface area contributed by atoms with Gasteiger partial charge in [-0.05, 0) is 61.2 Å². The third-order valence-electron chi connectivity index (χ3n) is 4.85. The molecule has 0 saturated carbocycles. The number of halogens is 1. The van der Waals surface area contributed by atoms with E-state index in [0.29, 0.717) is 30.2 Å². The van der Waals surface area contributed by atoms with E-state index in [0.717, 1.165) is 16.7 Å². The van der Waals surface area contributed by atoms with Gasteiger partial charge in [-0.3, -0.25) is 4.79 Å². The number of benzene rings is 2. The first-order valence-electron chi connectivity index (χ1n) is 9.12. The quantitative estimate of drug-likeness (QED) is 0.804. The van der Waals surface area contributed by atoms with Crippen LogP contribution in [-0.2, 0) is 21.5 Å². The van der Waals surface area contributed by atoms with Gasteiger partial charge in [0.15, 0.2) is 0 Å². The number of rotatable bonds is 5. The largest absolute Gasteiger partial charge is 0.325 e. The topological polar surface area (TPSA) is 69.7 Å². The Balaban J connectivity index is 1.66. The van der Waals surface area contributed by atoms with Crippen LogP contribution < -0.4 is 5.32 Å². The van der Waals surface area contributed by atoms with Crippen molar-refractivity contribution in [2.75, 3.05) is 25.0 Å². The number of nitrogens with zero attached hydrogens (tertiary/aromatic N) is 2. The van der Waals surface area contributed by atoms with Gasteiger partial charge in [-0.2, -0.15) is 17.0 Å². The van der Waals surface area contributed by atoms with Crippen molar-refractivity contribution in [3.8, 4) is 0 Å². The molecule has 1 aliphatic rings. The molecular weight excluding hydrogens is 398 g/mol. The summed E-state index contributed by atoms with van der Waals surface area (Å²) in [6.45, 7) is 4.78. The number of carbonyl (C=O) groups is 1. The molecule has 3 rings (SSSR count). The van der Waals surface area contributed by atoms with E-state index in [4.69, 9.17) is 11.6 Å². The normalized spacial score (nSPS) is 17.4. The van der Waals surface area contributed by atoms with Gasteiger partial charge in [-0.1, -0.05) is 29.8 Å². The van der Waals surface area contributed by atoms with E-state index in [2.05, 4.69) is 5.32 Å². The first-order chi connectivity index (χ1) is 13.3. The van der Waals surface area contributed by atoms with Crippen molar-refractivity contribution in [1.29, 1.82) is 0 Å². The monoisotopic (exact) mass is 421 g/mol. The van der Waals surface area contributed by atoms with Crippen LogP contribution >= 0.6 is 11.6 Å². The first kappa shape index (κ1) is 20.8. The second-order valence-corrected chi connectivity index (χ2v) is 9.37. The van der Waals surface area contributed by atoms with E-state index in [1.807, 2.05) is 44.2 Å². The predicted octanol–water partition coefficient (Wildman–Crippen LogP) is 3.35. The van der Waals surface area contributed by atoms with Gasteiger partial charge in [0.25, 0.3) is 10.2 Å². The van der Waals surface area contributed by atoms with Gasteiger partial charge in [0.05, 0.1) is 6.54 Å². The number of aryl methyl sites for hydroxylation is 2. The van der Waals surface area contributed by atoms with Crippen LogP contribution in [0.5, 0.6) is 0 Å². The summed E-state index contributed by atoms with van der Waals surface area (Å²) in [7, 11) is -3.70. The second kappa shape index (κ2) is 8.61. The number of hydrogen-bond acceptors (Lipinski definition) is 3. The molecule has 1 amide bonds. The van der Waals surface area contributed by atoms with Crippen LogP contribution in [0.15, 0.2) is 42.5 Å². The summed E-state index contributed by atoms with van der Waals surface area (Å²) in [5.74, 6) is -0.347. The first-order valence-corrected chi connectivity index (χ1v) is 10.9. The maximum Gasteiger partial charge on any atom is 0.282 e. The minimum atomic E-state index is -3.70. The average molecular weight is 422 g/mol. The molecule has 1 heterocycles. The molecular formula is C20H24ClN3O3S. The molecule has 1 fully saturated rings. The van der Waals surface area contributed by atoms with E-state index in [9.17, 15) is 13.2 Å². The lowest BCUT2D eigenvalue weighted by Crippen LogP contribution is -2.51. The number of carbonyl (C=O) groups excluding carboxylic acids is 1. The molecule has 0 spiro atoms. The summed E-state index contributed by atoms with van der Waals surface area (Å²) in [6, 6.07) is 12.7.